The van der Waals surface area contributed by atoms with E-state index in [4.69, 9.17) is 16.3 Å². The Morgan fingerprint density at radius 3 is 2.94 bits per heavy atom. The first-order valence-electron chi connectivity index (χ1n) is 4.71. The Hall–Kier alpha value is -0.940. The molecule has 1 aromatic rings. The third kappa shape index (κ3) is 3.90. The van der Waals surface area contributed by atoms with Gasteiger partial charge >= 0.3 is 0 Å². The largest absolute Gasteiger partial charge is 0.492 e. The summed E-state index contributed by atoms with van der Waals surface area (Å²) in [6.45, 7) is 0.516. The standard InChI is InChI=1S/C10H12ClNO3S/c1-16-6-2-5-15-10-7-8(12(13)14)3-4-9(10)11/h3-4,7H,2,5-6H2,1H3. The number of nitro groups is 1. The van der Waals surface area contributed by atoms with Crippen LogP contribution in [-0.2, 0) is 0 Å². The Labute approximate surface area is 103 Å². The number of hydrogen-bond donors (Lipinski definition) is 0. The molecule has 88 valence electrons. The van der Waals surface area contributed by atoms with Crippen LogP contribution in [0.25, 0.3) is 0 Å². The Bertz CT molecular complexity index is 373. The van der Waals surface area contributed by atoms with Crippen molar-refractivity contribution < 1.29 is 9.66 Å². The van der Waals surface area contributed by atoms with Crippen molar-refractivity contribution in [2.24, 2.45) is 0 Å². The van der Waals surface area contributed by atoms with E-state index in [0.717, 1.165) is 12.2 Å². The van der Waals surface area contributed by atoms with Crippen LogP contribution in [0.1, 0.15) is 6.42 Å². The summed E-state index contributed by atoms with van der Waals surface area (Å²) in [7, 11) is 0. The Balaban J connectivity index is 2.63. The molecule has 0 aliphatic carbocycles. The zero-order chi connectivity index (χ0) is 12.0. The van der Waals surface area contributed by atoms with Gasteiger partial charge in [-0.15, -0.1) is 0 Å². The zero-order valence-electron chi connectivity index (χ0n) is 8.81. The minimum absolute atomic E-state index is 0.00994. The molecule has 1 rings (SSSR count). The lowest BCUT2D eigenvalue weighted by Crippen LogP contribution is -1.99. The molecule has 0 saturated carbocycles. The van der Waals surface area contributed by atoms with Crippen LogP contribution in [0.3, 0.4) is 0 Å². The molecule has 4 nitrogen and oxygen atoms in total. The van der Waals surface area contributed by atoms with E-state index >= 15 is 0 Å². The molecule has 0 amide bonds. The summed E-state index contributed by atoms with van der Waals surface area (Å²) in [4.78, 5) is 10.1. The Morgan fingerprint density at radius 1 is 1.56 bits per heavy atom. The molecule has 0 bridgehead atoms. The molecule has 0 atom stereocenters. The Kier molecular flexibility index (Phi) is 5.42. The molecule has 1 aromatic carbocycles. The summed E-state index contributed by atoms with van der Waals surface area (Å²) in [5.41, 5.74) is -0.00994. The summed E-state index contributed by atoms with van der Waals surface area (Å²) >= 11 is 7.59. The topological polar surface area (TPSA) is 52.4 Å². The molecule has 0 N–H and O–H groups in total. The quantitative estimate of drug-likeness (QED) is 0.447. The first-order chi connectivity index (χ1) is 7.65. The van der Waals surface area contributed by atoms with E-state index in [1.54, 1.807) is 11.8 Å². The third-order valence-electron chi connectivity index (χ3n) is 1.88. The smallest absolute Gasteiger partial charge is 0.273 e. The fourth-order valence-corrected chi connectivity index (χ4v) is 1.68. The second-order valence-electron chi connectivity index (χ2n) is 3.07. The third-order valence-corrected chi connectivity index (χ3v) is 2.89. The molecule has 0 unspecified atom stereocenters. The fourth-order valence-electron chi connectivity index (χ4n) is 1.10. The van der Waals surface area contributed by atoms with Crippen molar-refractivity contribution in [1.82, 2.24) is 0 Å². The van der Waals surface area contributed by atoms with Crippen LogP contribution >= 0.6 is 23.4 Å². The zero-order valence-corrected chi connectivity index (χ0v) is 10.4. The van der Waals surface area contributed by atoms with Crippen molar-refractivity contribution in [3.05, 3.63) is 33.3 Å². The van der Waals surface area contributed by atoms with Gasteiger partial charge in [-0.05, 0) is 24.5 Å². The van der Waals surface area contributed by atoms with E-state index in [-0.39, 0.29) is 5.69 Å². The average Bonchev–Trinajstić information content (AvgIpc) is 2.26. The molecule has 0 fully saturated rings. The van der Waals surface area contributed by atoms with Gasteiger partial charge in [0.05, 0.1) is 22.6 Å². The minimum Gasteiger partial charge on any atom is -0.492 e. The van der Waals surface area contributed by atoms with Gasteiger partial charge < -0.3 is 4.74 Å². The normalized spacial score (nSPS) is 10.1. The van der Waals surface area contributed by atoms with Crippen LogP contribution in [0.5, 0.6) is 5.75 Å². The average molecular weight is 262 g/mol. The van der Waals surface area contributed by atoms with E-state index in [0.29, 0.717) is 17.4 Å². The first kappa shape index (κ1) is 13.1. The maximum Gasteiger partial charge on any atom is 0.273 e. The van der Waals surface area contributed by atoms with E-state index < -0.39 is 4.92 Å². The van der Waals surface area contributed by atoms with Crippen LogP contribution in [0.15, 0.2) is 18.2 Å². The van der Waals surface area contributed by atoms with Crippen molar-refractivity contribution in [2.45, 2.75) is 6.42 Å². The predicted octanol–water partition coefficient (Wildman–Crippen LogP) is 3.38. The fraction of sp³-hybridized carbons (Fsp3) is 0.400. The second kappa shape index (κ2) is 6.60. The number of nitro benzene ring substituents is 1. The predicted molar refractivity (Wildman–Crippen MR) is 66.6 cm³/mol. The minimum atomic E-state index is -0.467. The second-order valence-corrected chi connectivity index (χ2v) is 4.46. The van der Waals surface area contributed by atoms with E-state index in [2.05, 4.69) is 0 Å². The molecule has 0 spiro atoms. The molecule has 0 aliphatic rings. The van der Waals surface area contributed by atoms with Gasteiger partial charge in [-0.3, -0.25) is 10.1 Å². The molecule has 0 aliphatic heterocycles. The molecule has 0 radical (unpaired) electrons. The van der Waals surface area contributed by atoms with Crippen LogP contribution in [0.4, 0.5) is 5.69 Å². The van der Waals surface area contributed by atoms with E-state index in [9.17, 15) is 10.1 Å². The van der Waals surface area contributed by atoms with Crippen molar-refractivity contribution >= 4 is 29.1 Å². The lowest BCUT2D eigenvalue weighted by Gasteiger charge is -2.06. The monoisotopic (exact) mass is 261 g/mol. The lowest BCUT2D eigenvalue weighted by atomic mass is 10.3. The number of non-ortho nitro benzene ring substituents is 1. The summed E-state index contributed by atoms with van der Waals surface area (Å²) in [6.07, 6.45) is 2.90. The van der Waals surface area contributed by atoms with Crippen LogP contribution < -0.4 is 4.74 Å². The van der Waals surface area contributed by atoms with E-state index in [1.807, 2.05) is 6.26 Å². The maximum atomic E-state index is 10.5. The van der Waals surface area contributed by atoms with Crippen molar-refractivity contribution in [2.75, 3.05) is 18.6 Å². The van der Waals surface area contributed by atoms with Gasteiger partial charge in [-0.25, -0.2) is 0 Å². The number of thioether (sulfide) groups is 1. The van der Waals surface area contributed by atoms with Crippen LogP contribution in [0, 0.1) is 10.1 Å². The number of nitrogens with zero attached hydrogens (tertiary/aromatic N) is 1. The molecule has 6 heteroatoms. The summed E-state index contributed by atoms with van der Waals surface area (Å²) in [5.74, 6) is 1.36. The van der Waals surface area contributed by atoms with Gasteiger partial charge in [0.1, 0.15) is 5.75 Å². The first-order valence-corrected chi connectivity index (χ1v) is 6.48. The van der Waals surface area contributed by atoms with Crippen molar-refractivity contribution in [1.29, 1.82) is 0 Å². The summed E-state index contributed by atoms with van der Waals surface area (Å²) in [5, 5.41) is 10.9. The van der Waals surface area contributed by atoms with Gasteiger partial charge in [-0.2, -0.15) is 11.8 Å². The molecule has 0 saturated heterocycles. The summed E-state index contributed by atoms with van der Waals surface area (Å²) in [6, 6.07) is 4.18. The van der Waals surface area contributed by atoms with Gasteiger partial charge in [0.15, 0.2) is 0 Å². The molecule has 0 aromatic heterocycles. The van der Waals surface area contributed by atoms with Crippen molar-refractivity contribution in [3.8, 4) is 5.75 Å². The number of benzene rings is 1. The number of halogens is 1. The highest BCUT2D eigenvalue weighted by Gasteiger charge is 2.10. The maximum absolute atomic E-state index is 10.5. The highest BCUT2D eigenvalue weighted by atomic mass is 35.5. The lowest BCUT2D eigenvalue weighted by molar-refractivity contribution is -0.384. The number of hydrogen-bond acceptors (Lipinski definition) is 4. The molecule has 0 heterocycles. The van der Waals surface area contributed by atoms with Gasteiger partial charge in [0, 0.05) is 6.07 Å². The molecule has 16 heavy (non-hydrogen) atoms. The number of rotatable bonds is 6. The SMILES string of the molecule is CSCCCOc1cc([N+](=O)[O-])ccc1Cl. The van der Waals surface area contributed by atoms with Gasteiger partial charge in [-0.1, -0.05) is 11.6 Å². The highest BCUT2D eigenvalue weighted by molar-refractivity contribution is 7.98. The van der Waals surface area contributed by atoms with Gasteiger partial charge in [0.25, 0.3) is 5.69 Å². The van der Waals surface area contributed by atoms with Crippen molar-refractivity contribution in [3.63, 3.8) is 0 Å². The van der Waals surface area contributed by atoms with E-state index in [1.165, 1.54) is 18.2 Å². The molecular weight excluding hydrogens is 250 g/mol. The Morgan fingerprint density at radius 2 is 2.31 bits per heavy atom. The summed E-state index contributed by atoms with van der Waals surface area (Å²) < 4.78 is 5.38. The highest BCUT2D eigenvalue weighted by Crippen LogP contribution is 2.28. The number of ether oxygens (including phenoxy) is 1. The van der Waals surface area contributed by atoms with Crippen LogP contribution in [-0.4, -0.2) is 23.5 Å². The van der Waals surface area contributed by atoms with Gasteiger partial charge in [0.2, 0.25) is 0 Å². The molecular formula is C10H12ClNO3S. The van der Waals surface area contributed by atoms with Crippen LogP contribution in [0.2, 0.25) is 5.02 Å².